The Hall–Kier alpha value is -6.74. The van der Waals surface area contributed by atoms with E-state index in [1.807, 2.05) is 6.07 Å². The van der Waals surface area contributed by atoms with Crippen LogP contribution in [0.2, 0.25) is 10.0 Å². The number of nitrogens with two attached hydrogens (primary N) is 1. The number of carboxylic acids is 1. The second-order valence-corrected chi connectivity index (χ2v) is 14.3. The monoisotopic (exact) mass is 862 g/mol. The average molecular weight is 864 g/mol. The number of fused-ring (bicyclic) bond motifs is 2. The highest BCUT2D eigenvalue weighted by atomic mass is 35.5. The Bertz CT molecular complexity index is 2640. The van der Waals surface area contributed by atoms with Gasteiger partial charge in [0.1, 0.15) is 23.0 Å². The van der Waals surface area contributed by atoms with Crippen molar-refractivity contribution in [1.82, 2.24) is 5.32 Å². The number of carbonyl (C=O) groups excluding carboxylic acids is 3. The lowest BCUT2D eigenvalue weighted by atomic mass is 10.1. The van der Waals surface area contributed by atoms with Gasteiger partial charge < -0.3 is 45.8 Å². The summed E-state index contributed by atoms with van der Waals surface area (Å²) in [6.07, 6.45) is 4.54. The van der Waals surface area contributed by atoms with E-state index in [0.29, 0.717) is 91.8 Å². The van der Waals surface area contributed by atoms with Gasteiger partial charge >= 0.3 is 5.97 Å². The Labute approximate surface area is 360 Å². The maximum atomic E-state index is 12.3. The predicted octanol–water partition coefficient (Wildman–Crippen LogP) is 8.32. The average Bonchev–Trinajstić information content (AvgIpc) is 4.06. The van der Waals surface area contributed by atoms with Gasteiger partial charge in [0.2, 0.25) is 0 Å². The van der Waals surface area contributed by atoms with Crippen molar-refractivity contribution in [2.45, 2.75) is 12.8 Å². The first-order chi connectivity index (χ1) is 29.5. The lowest BCUT2D eigenvalue weighted by Gasteiger charge is -2.05. The summed E-state index contributed by atoms with van der Waals surface area (Å²) in [7, 11) is 0. The molecule has 0 aliphatic carbocycles. The molecule has 0 atom stereocenters. The third-order valence-corrected chi connectivity index (χ3v) is 9.61. The fourth-order valence-corrected chi connectivity index (χ4v) is 6.50. The van der Waals surface area contributed by atoms with Crippen LogP contribution in [0.4, 0.5) is 11.4 Å². The first-order valence-corrected chi connectivity index (χ1v) is 19.7. The maximum absolute atomic E-state index is 12.3. The number of hydrogen-bond acceptors (Lipinski definition) is 9. The van der Waals surface area contributed by atoms with E-state index in [2.05, 4.69) is 16.0 Å². The summed E-state index contributed by atoms with van der Waals surface area (Å²) >= 11 is 12.1. The number of aromatic carboxylic acids is 1. The number of halogens is 2. The molecule has 2 aliphatic heterocycles. The highest BCUT2D eigenvalue weighted by Gasteiger charge is 2.26. The minimum absolute atomic E-state index is 0.0275. The molecule has 2 aliphatic rings. The summed E-state index contributed by atoms with van der Waals surface area (Å²) in [5.74, 6) is 0.438. The molecule has 0 saturated heterocycles. The largest absolute Gasteiger partial charge is 0.478 e. The Morgan fingerprint density at radius 1 is 0.656 bits per heavy atom. The number of amides is 3. The number of anilines is 2. The van der Waals surface area contributed by atoms with Gasteiger partial charge in [0, 0.05) is 69.0 Å². The quantitative estimate of drug-likeness (QED) is 0.0488. The molecule has 6 aromatic rings. The van der Waals surface area contributed by atoms with Crippen molar-refractivity contribution in [3.8, 4) is 22.6 Å². The van der Waals surface area contributed by atoms with Crippen molar-refractivity contribution in [2.75, 3.05) is 36.9 Å². The summed E-state index contributed by atoms with van der Waals surface area (Å²) in [5, 5.41) is 35.3. The summed E-state index contributed by atoms with van der Waals surface area (Å²) in [6, 6.07) is 31.0. The van der Waals surface area contributed by atoms with Gasteiger partial charge in [-0.1, -0.05) is 47.5 Å². The van der Waals surface area contributed by atoms with Gasteiger partial charge in [-0.3, -0.25) is 14.4 Å². The van der Waals surface area contributed by atoms with Gasteiger partial charge in [0.15, 0.2) is 0 Å². The van der Waals surface area contributed by atoms with Gasteiger partial charge in [-0.25, -0.2) is 4.79 Å². The second kappa shape index (κ2) is 20.5. The topological polar surface area (TPSA) is 217 Å². The van der Waals surface area contributed by atoms with Crippen LogP contribution >= 0.6 is 23.2 Å². The molecule has 0 bridgehead atoms. The van der Waals surface area contributed by atoms with Crippen LogP contribution in [0.1, 0.15) is 56.2 Å². The maximum Gasteiger partial charge on any atom is 0.335 e. The predicted molar refractivity (Wildman–Crippen MR) is 236 cm³/mol. The number of furan rings is 2. The van der Waals surface area contributed by atoms with E-state index in [0.717, 1.165) is 17.5 Å². The molecule has 4 heterocycles. The number of hydrogen-bond donors (Lipinski definition) is 7. The van der Waals surface area contributed by atoms with Gasteiger partial charge in [0.05, 0.1) is 16.7 Å². The highest BCUT2D eigenvalue weighted by molar-refractivity contribution is 6.37. The zero-order valence-electron chi connectivity index (χ0n) is 32.4. The van der Waals surface area contributed by atoms with Crippen LogP contribution < -0.4 is 21.7 Å². The van der Waals surface area contributed by atoms with Gasteiger partial charge in [-0.05, 0) is 116 Å². The van der Waals surface area contributed by atoms with Crippen molar-refractivity contribution < 1.29 is 43.3 Å². The van der Waals surface area contributed by atoms with Gasteiger partial charge in [-0.2, -0.15) is 0 Å². The van der Waals surface area contributed by atoms with Crippen LogP contribution in [0.5, 0.6) is 0 Å². The number of benzene rings is 4. The Balaban J connectivity index is 0.000000185. The van der Waals surface area contributed by atoms with E-state index in [4.69, 9.17) is 53.1 Å². The molecular formula is C46H40Cl2N4O9. The Morgan fingerprint density at radius 2 is 1.15 bits per heavy atom. The molecule has 0 fully saturated rings. The Kier molecular flexibility index (Phi) is 14.7. The SMILES string of the molecule is NCCCO.O=C1Nc2ccc(Cl)cc2/C1=C\c1ccc(-c2cccc(C(=O)NCCCO)c2)o1.O=C1Nc2ccc(Cl)cc2/C1=C\c1ccc(-c2cccc(C(=O)O)c2)o1. The van der Waals surface area contributed by atoms with E-state index in [-0.39, 0.29) is 36.5 Å². The highest BCUT2D eigenvalue weighted by Crippen LogP contribution is 2.37. The molecule has 0 unspecified atom stereocenters. The van der Waals surface area contributed by atoms with Gasteiger partial charge in [-0.15, -0.1) is 0 Å². The molecule has 2 aromatic heterocycles. The van der Waals surface area contributed by atoms with Crippen LogP contribution in [-0.2, 0) is 9.59 Å². The molecule has 4 aromatic carbocycles. The van der Waals surface area contributed by atoms with Crippen LogP contribution in [0.25, 0.3) is 45.9 Å². The third-order valence-electron chi connectivity index (χ3n) is 9.14. The molecular weight excluding hydrogens is 823 g/mol. The summed E-state index contributed by atoms with van der Waals surface area (Å²) in [4.78, 5) is 47.9. The van der Waals surface area contributed by atoms with E-state index >= 15 is 0 Å². The number of rotatable bonds is 11. The molecule has 0 spiro atoms. The van der Waals surface area contributed by atoms with Crippen LogP contribution in [0.3, 0.4) is 0 Å². The van der Waals surface area contributed by atoms with Crippen molar-refractivity contribution in [3.63, 3.8) is 0 Å². The molecule has 61 heavy (non-hydrogen) atoms. The zero-order chi connectivity index (χ0) is 43.5. The van der Waals surface area contributed by atoms with Crippen LogP contribution in [0.15, 0.2) is 118 Å². The number of carboxylic acid groups (broad SMARTS) is 1. The molecule has 8 N–H and O–H groups in total. The molecule has 15 heteroatoms. The molecule has 13 nitrogen and oxygen atoms in total. The number of nitrogens with one attached hydrogen (secondary N) is 3. The standard InChI is InChI=1S/C23H19ClN2O4.C20H12ClNO4.C3H9NO/c24-16-5-7-20-18(12-16)19(23(29)26-20)13-17-6-8-21(30-17)14-3-1-4-15(11-14)22(28)25-9-2-10-27;21-13-4-6-17-15(9-13)16(19(23)22-17)10-14-5-7-18(26-14)11-2-1-3-12(8-11)20(24)25;4-2-1-3-5/h1,3-8,11-13,27H,2,9-10H2,(H,25,28)(H,26,29);1-10H,(H,22,23)(H,24,25);5H,1-4H2/b19-13+;16-10+;. The van der Waals surface area contributed by atoms with Crippen LogP contribution in [-0.4, -0.2) is 65.3 Å². The molecule has 312 valence electrons. The van der Waals surface area contributed by atoms with Crippen molar-refractivity contribution in [1.29, 1.82) is 0 Å². The smallest absolute Gasteiger partial charge is 0.335 e. The lowest BCUT2D eigenvalue weighted by Crippen LogP contribution is -2.24. The van der Waals surface area contributed by atoms with E-state index in [9.17, 15) is 19.2 Å². The van der Waals surface area contributed by atoms with Crippen molar-refractivity contribution in [2.24, 2.45) is 5.73 Å². The van der Waals surface area contributed by atoms with Gasteiger partial charge in [0.25, 0.3) is 17.7 Å². The van der Waals surface area contributed by atoms with Crippen molar-refractivity contribution >= 4 is 81.6 Å². The summed E-state index contributed by atoms with van der Waals surface area (Å²) in [5.41, 5.74) is 10.8. The normalized spacial score (nSPS) is 13.7. The molecule has 3 amide bonds. The number of aliphatic hydroxyl groups excluding tert-OH is 2. The third kappa shape index (κ3) is 11.1. The second-order valence-electron chi connectivity index (χ2n) is 13.5. The molecule has 8 rings (SSSR count). The lowest BCUT2D eigenvalue weighted by molar-refractivity contribution is -0.111. The fourth-order valence-electron chi connectivity index (χ4n) is 6.16. The number of carbonyl (C=O) groups is 4. The fraction of sp³-hybridized carbons (Fsp3) is 0.130. The number of aliphatic hydroxyl groups is 2. The van der Waals surface area contributed by atoms with E-state index < -0.39 is 5.97 Å². The summed E-state index contributed by atoms with van der Waals surface area (Å²) in [6.45, 7) is 1.25. The first-order valence-electron chi connectivity index (χ1n) is 19.0. The summed E-state index contributed by atoms with van der Waals surface area (Å²) < 4.78 is 11.7. The minimum Gasteiger partial charge on any atom is -0.478 e. The Morgan fingerprint density at radius 3 is 1.61 bits per heavy atom. The minimum atomic E-state index is -1.00. The van der Waals surface area contributed by atoms with E-state index in [1.54, 1.807) is 103 Å². The first kappa shape index (κ1) is 43.8. The molecule has 0 saturated carbocycles. The molecule has 0 radical (unpaired) electrons. The zero-order valence-corrected chi connectivity index (χ0v) is 33.9. The van der Waals surface area contributed by atoms with E-state index in [1.165, 1.54) is 12.1 Å². The van der Waals surface area contributed by atoms with Crippen LogP contribution in [0, 0.1) is 0 Å². The van der Waals surface area contributed by atoms with Crippen molar-refractivity contribution in [3.05, 3.63) is 153 Å².